The monoisotopic (exact) mass is 339 g/mol. The van der Waals surface area contributed by atoms with E-state index >= 15 is 0 Å². The Balaban J connectivity index is 2.19. The zero-order chi connectivity index (χ0) is 16.8. The molecule has 0 radical (unpaired) electrons. The van der Waals surface area contributed by atoms with Crippen LogP contribution in [0.25, 0.3) is 27.9 Å². The smallest absolute Gasteiger partial charge is 0.337 e. The number of rotatable bonds is 2. The molecule has 24 heavy (non-hydrogen) atoms. The van der Waals surface area contributed by atoms with Crippen LogP contribution in [0.5, 0.6) is 0 Å². The molecular formula is C17H10ClN3O3. The minimum atomic E-state index is -1.14. The molecular weight excluding hydrogens is 330 g/mol. The standard InChI is InChI=1S/C17H10ClN3O3/c18-11-7-12-13(6-10(11)17(23)24)21-14(16(22)20-12)8-19-15(21)9-4-2-1-3-5-9/h1-8H,(H,20,22)(H,23,24). The second-order valence-electron chi connectivity index (χ2n) is 5.28. The molecule has 0 spiro atoms. The summed E-state index contributed by atoms with van der Waals surface area (Å²) in [5.41, 5.74) is 1.75. The minimum absolute atomic E-state index is 0.0368. The Kier molecular flexibility index (Phi) is 3.14. The maximum atomic E-state index is 12.3. The fourth-order valence-electron chi connectivity index (χ4n) is 2.74. The average molecular weight is 340 g/mol. The first kappa shape index (κ1) is 14.5. The molecule has 4 aromatic rings. The SMILES string of the molecule is O=C(O)c1cc2c(cc1Cl)[nH]c(=O)c1cnc(-c3ccccc3)n12. The summed E-state index contributed by atoms with van der Waals surface area (Å²) in [7, 11) is 0. The van der Waals surface area contributed by atoms with Gasteiger partial charge in [-0.05, 0) is 12.1 Å². The van der Waals surface area contributed by atoms with Gasteiger partial charge in [-0.15, -0.1) is 0 Å². The lowest BCUT2D eigenvalue weighted by molar-refractivity contribution is 0.0697. The number of aromatic amines is 1. The van der Waals surface area contributed by atoms with Crippen LogP contribution in [0.2, 0.25) is 5.02 Å². The number of fused-ring (bicyclic) bond motifs is 3. The van der Waals surface area contributed by atoms with Crippen LogP contribution in [-0.4, -0.2) is 25.4 Å². The molecule has 0 atom stereocenters. The number of aromatic nitrogens is 3. The van der Waals surface area contributed by atoms with Gasteiger partial charge < -0.3 is 10.1 Å². The van der Waals surface area contributed by atoms with E-state index in [4.69, 9.17) is 11.6 Å². The van der Waals surface area contributed by atoms with Gasteiger partial charge in [-0.3, -0.25) is 9.20 Å². The number of imidazole rings is 1. The molecule has 0 fully saturated rings. The van der Waals surface area contributed by atoms with E-state index in [1.165, 1.54) is 18.3 Å². The lowest BCUT2D eigenvalue weighted by Crippen LogP contribution is -2.11. The molecule has 6 nitrogen and oxygen atoms in total. The highest BCUT2D eigenvalue weighted by Gasteiger charge is 2.16. The lowest BCUT2D eigenvalue weighted by Gasteiger charge is -2.08. The topological polar surface area (TPSA) is 87.5 Å². The van der Waals surface area contributed by atoms with E-state index in [2.05, 4.69) is 9.97 Å². The van der Waals surface area contributed by atoms with Gasteiger partial charge in [-0.25, -0.2) is 9.78 Å². The van der Waals surface area contributed by atoms with Crippen LogP contribution in [0.1, 0.15) is 10.4 Å². The van der Waals surface area contributed by atoms with Crippen molar-refractivity contribution in [2.24, 2.45) is 0 Å². The van der Waals surface area contributed by atoms with Crippen molar-refractivity contribution in [2.45, 2.75) is 0 Å². The third-order valence-corrected chi connectivity index (χ3v) is 4.14. The van der Waals surface area contributed by atoms with Crippen LogP contribution in [0.15, 0.2) is 53.5 Å². The molecule has 2 aromatic heterocycles. The highest BCUT2D eigenvalue weighted by Crippen LogP contribution is 2.26. The van der Waals surface area contributed by atoms with Crippen molar-refractivity contribution in [1.29, 1.82) is 0 Å². The van der Waals surface area contributed by atoms with Crippen LogP contribution >= 0.6 is 11.6 Å². The molecule has 0 saturated heterocycles. The molecule has 2 heterocycles. The van der Waals surface area contributed by atoms with Crippen molar-refractivity contribution in [3.8, 4) is 11.4 Å². The molecule has 118 valence electrons. The largest absolute Gasteiger partial charge is 0.478 e. The number of carboxylic acids is 1. The summed E-state index contributed by atoms with van der Waals surface area (Å²) in [5, 5.41) is 9.37. The molecule has 0 aliphatic carbocycles. The quantitative estimate of drug-likeness (QED) is 0.587. The highest BCUT2D eigenvalue weighted by molar-refractivity contribution is 6.34. The van der Waals surface area contributed by atoms with Crippen LogP contribution in [0.3, 0.4) is 0 Å². The van der Waals surface area contributed by atoms with E-state index in [9.17, 15) is 14.7 Å². The summed E-state index contributed by atoms with van der Waals surface area (Å²) in [5.74, 6) is -0.581. The predicted octanol–water partition coefficient (Wildman–Crippen LogP) is 3.19. The second-order valence-corrected chi connectivity index (χ2v) is 5.68. The Morgan fingerprint density at radius 3 is 2.62 bits per heavy atom. The van der Waals surface area contributed by atoms with E-state index in [0.29, 0.717) is 22.4 Å². The van der Waals surface area contributed by atoms with Gasteiger partial charge in [0.15, 0.2) is 0 Å². The second kappa shape index (κ2) is 5.21. The number of halogens is 1. The summed E-state index contributed by atoms with van der Waals surface area (Å²) < 4.78 is 1.65. The molecule has 7 heteroatoms. The number of benzene rings is 2. The molecule has 0 unspecified atom stereocenters. The third kappa shape index (κ3) is 2.08. The van der Waals surface area contributed by atoms with Gasteiger partial charge in [0, 0.05) is 5.56 Å². The van der Waals surface area contributed by atoms with Gasteiger partial charge in [0.05, 0.1) is 27.8 Å². The molecule has 0 bridgehead atoms. The van der Waals surface area contributed by atoms with Crippen molar-refractivity contribution in [3.63, 3.8) is 0 Å². The average Bonchev–Trinajstić information content (AvgIpc) is 3.01. The number of carbonyl (C=O) groups is 1. The van der Waals surface area contributed by atoms with Gasteiger partial charge in [-0.1, -0.05) is 41.9 Å². The lowest BCUT2D eigenvalue weighted by atomic mass is 10.1. The van der Waals surface area contributed by atoms with E-state index in [1.807, 2.05) is 30.3 Å². The van der Waals surface area contributed by atoms with Crippen molar-refractivity contribution >= 4 is 34.1 Å². The maximum Gasteiger partial charge on any atom is 0.337 e. The number of H-pyrrole nitrogens is 1. The minimum Gasteiger partial charge on any atom is -0.478 e. The Morgan fingerprint density at radius 2 is 1.92 bits per heavy atom. The van der Waals surface area contributed by atoms with Gasteiger partial charge in [0.2, 0.25) is 0 Å². The van der Waals surface area contributed by atoms with E-state index < -0.39 is 5.97 Å². The summed E-state index contributed by atoms with van der Waals surface area (Å²) in [6.07, 6.45) is 1.47. The number of carboxylic acid groups (broad SMARTS) is 1. The van der Waals surface area contributed by atoms with Crippen molar-refractivity contribution in [3.05, 3.63) is 69.6 Å². The number of nitrogens with one attached hydrogen (secondary N) is 1. The van der Waals surface area contributed by atoms with E-state index in [1.54, 1.807) is 4.40 Å². The molecule has 0 aliphatic rings. The third-order valence-electron chi connectivity index (χ3n) is 3.83. The molecule has 2 N–H and O–H groups in total. The Morgan fingerprint density at radius 1 is 1.17 bits per heavy atom. The van der Waals surface area contributed by atoms with E-state index in [0.717, 1.165) is 5.56 Å². The molecule has 4 rings (SSSR count). The van der Waals surface area contributed by atoms with E-state index in [-0.39, 0.29) is 16.1 Å². The summed E-state index contributed by atoms with van der Waals surface area (Å²) in [4.78, 5) is 30.7. The summed E-state index contributed by atoms with van der Waals surface area (Å²) in [6, 6.07) is 12.2. The maximum absolute atomic E-state index is 12.3. The summed E-state index contributed by atoms with van der Waals surface area (Å²) in [6.45, 7) is 0. The van der Waals surface area contributed by atoms with Crippen molar-refractivity contribution in [2.75, 3.05) is 0 Å². The first-order chi connectivity index (χ1) is 11.6. The predicted molar refractivity (Wildman–Crippen MR) is 90.7 cm³/mol. The Labute approximate surface area is 140 Å². The number of hydrogen-bond donors (Lipinski definition) is 2. The van der Waals surface area contributed by atoms with Gasteiger partial charge >= 0.3 is 5.97 Å². The van der Waals surface area contributed by atoms with Crippen molar-refractivity contribution < 1.29 is 9.90 Å². The van der Waals surface area contributed by atoms with Crippen molar-refractivity contribution in [1.82, 2.24) is 14.4 Å². The molecule has 0 aliphatic heterocycles. The number of hydrogen-bond acceptors (Lipinski definition) is 3. The van der Waals surface area contributed by atoms with Crippen LogP contribution in [-0.2, 0) is 0 Å². The van der Waals surface area contributed by atoms with Crippen LogP contribution in [0, 0.1) is 0 Å². The van der Waals surface area contributed by atoms with Gasteiger partial charge in [-0.2, -0.15) is 0 Å². The first-order valence-corrected chi connectivity index (χ1v) is 7.46. The number of nitrogens with zero attached hydrogens (tertiary/aromatic N) is 2. The fourth-order valence-corrected chi connectivity index (χ4v) is 2.99. The normalized spacial score (nSPS) is 11.2. The van der Waals surface area contributed by atoms with Crippen LogP contribution < -0.4 is 5.56 Å². The number of aromatic carboxylic acids is 1. The first-order valence-electron chi connectivity index (χ1n) is 7.08. The zero-order valence-electron chi connectivity index (χ0n) is 12.2. The molecule has 0 saturated carbocycles. The zero-order valence-corrected chi connectivity index (χ0v) is 12.9. The Bertz CT molecular complexity index is 1160. The highest BCUT2D eigenvalue weighted by atomic mass is 35.5. The summed E-state index contributed by atoms with van der Waals surface area (Å²) >= 11 is 6.00. The Hall–Kier alpha value is -3.12. The van der Waals surface area contributed by atoms with Crippen LogP contribution in [0.4, 0.5) is 0 Å². The van der Waals surface area contributed by atoms with Gasteiger partial charge in [0.25, 0.3) is 5.56 Å². The fraction of sp³-hybridized carbons (Fsp3) is 0. The molecule has 2 aromatic carbocycles. The van der Waals surface area contributed by atoms with Gasteiger partial charge in [0.1, 0.15) is 11.3 Å². The molecule has 0 amide bonds.